The number of aromatic nitrogens is 5. The lowest BCUT2D eigenvalue weighted by molar-refractivity contribution is 0.554. The van der Waals surface area contributed by atoms with Crippen LogP contribution in [0.25, 0.3) is 11.4 Å². The van der Waals surface area contributed by atoms with E-state index in [0.29, 0.717) is 54.2 Å². The van der Waals surface area contributed by atoms with Crippen LogP contribution in [0.5, 0.6) is 0 Å². The number of anilines is 3. The maximum atomic E-state index is 13.7. The molecule has 0 fully saturated rings. The maximum absolute atomic E-state index is 13.7. The Labute approximate surface area is 199 Å². The van der Waals surface area contributed by atoms with Crippen molar-refractivity contribution in [3.63, 3.8) is 0 Å². The van der Waals surface area contributed by atoms with E-state index in [-0.39, 0.29) is 5.82 Å². The van der Waals surface area contributed by atoms with E-state index in [2.05, 4.69) is 56.2 Å². The Morgan fingerprint density at radius 3 is 2.74 bits per heavy atom. The molecule has 0 saturated heterocycles. The minimum absolute atomic E-state index is 0.350. The van der Waals surface area contributed by atoms with Gasteiger partial charge in [0.1, 0.15) is 17.3 Å². The van der Waals surface area contributed by atoms with E-state index in [9.17, 15) is 8.94 Å². The minimum atomic E-state index is -1.18. The van der Waals surface area contributed by atoms with Gasteiger partial charge in [-0.2, -0.15) is 4.98 Å². The Bertz CT molecular complexity index is 1370. The van der Waals surface area contributed by atoms with E-state index >= 15 is 0 Å². The molecule has 4 aromatic rings. The molecule has 0 amide bonds. The zero-order chi connectivity index (χ0) is 23.2. The van der Waals surface area contributed by atoms with E-state index in [1.807, 2.05) is 0 Å². The Balaban J connectivity index is 1.32. The van der Waals surface area contributed by atoms with Crippen molar-refractivity contribution in [1.82, 2.24) is 24.7 Å². The van der Waals surface area contributed by atoms with E-state index in [1.54, 1.807) is 12.1 Å². The van der Waals surface area contributed by atoms with Crippen molar-refractivity contribution in [3.05, 3.63) is 71.4 Å². The van der Waals surface area contributed by atoms with Crippen LogP contribution in [0.4, 0.5) is 21.8 Å². The number of nitrogens with one attached hydrogen (secondary N) is 1. The Morgan fingerprint density at radius 2 is 1.91 bits per heavy atom. The van der Waals surface area contributed by atoms with Crippen LogP contribution >= 0.6 is 0 Å². The van der Waals surface area contributed by atoms with Gasteiger partial charge in [-0.3, -0.25) is 0 Å². The summed E-state index contributed by atoms with van der Waals surface area (Å²) in [5.41, 5.74) is 3.56. The first-order valence-corrected chi connectivity index (χ1v) is 12.4. The summed E-state index contributed by atoms with van der Waals surface area (Å²) >= 11 is -1.18. The SMILES string of the molecule is Cc1ccc(-c2nnc3n2CCN(c2nc4c(c(Nc5cccc(F)c5)n2)[S+]([O-])CC4)C3)cc1. The number of hydrogen-bond donors (Lipinski definition) is 1. The average molecular weight is 476 g/mol. The summed E-state index contributed by atoms with van der Waals surface area (Å²) in [4.78, 5) is 12.1. The largest absolute Gasteiger partial charge is 0.611 e. The molecule has 2 aliphatic heterocycles. The smallest absolute Gasteiger partial charge is 0.228 e. The number of fused-ring (bicyclic) bond motifs is 2. The third kappa shape index (κ3) is 3.78. The Hall–Kier alpha value is -3.50. The lowest BCUT2D eigenvalue weighted by atomic mass is 10.1. The molecule has 0 aliphatic carbocycles. The van der Waals surface area contributed by atoms with Gasteiger partial charge < -0.3 is 19.3 Å². The molecule has 2 aliphatic rings. The normalized spacial score (nSPS) is 16.9. The van der Waals surface area contributed by atoms with Gasteiger partial charge in [0.2, 0.25) is 10.8 Å². The monoisotopic (exact) mass is 475 g/mol. The molecule has 1 unspecified atom stereocenters. The van der Waals surface area contributed by atoms with Gasteiger partial charge in [0, 0.05) is 30.8 Å². The highest BCUT2D eigenvalue weighted by molar-refractivity contribution is 7.91. The Morgan fingerprint density at radius 1 is 1.06 bits per heavy atom. The predicted molar refractivity (Wildman–Crippen MR) is 128 cm³/mol. The number of rotatable bonds is 4. The van der Waals surface area contributed by atoms with Crippen molar-refractivity contribution >= 4 is 28.6 Å². The molecule has 6 rings (SSSR count). The van der Waals surface area contributed by atoms with Crippen LogP contribution in [0, 0.1) is 12.7 Å². The molecule has 1 atom stereocenters. The lowest BCUT2D eigenvalue weighted by Crippen LogP contribution is -2.35. The quantitative estimate of drug-likeness (QED) is 0.451. The second-order valence-corrected chi connectivity index (χ2v) is 9.97. The van der Waals surface area contributed by atoms with Crippen LogP contribution in [-0.4, -0.2) is 41.6 Å². The van der Waals surface area contributed by atoms with Crippen molar-refractivity contribution in [2.75, 3.05) is 22.5 Å². The fraction of sp³-hybridized carbons (Fsp3) is 0.250. The highest BCUT2D eigenvalue weighted by Crippen LogP contribution is 2.34. The van der Waals surface area contributed by atoms with Crippen LogP contribution in [0.3, 0.4) is 0 Å². The van der Waals surface area contributed by atoms with Crippen LogP contribution in [-0.2, 0) is 30.7 Å². The van der Waals surface area contributed by atoms with Gasteiger partial charge in [-0.15, -0.1) is 10.2 Å². The minimum Gasteiger partial charge on any atom is -0.611 e. The van der Waals surface area contributed by atoms with E-state index in [0.717, 1.165) is 22.9 Å². The van der Waals surface area contributed by atoms with Crippen molar-refractivity contribution in [2.24, 2.45) is 0 Å². The zero-order valence-corrected chi connectivity index (χ0v) is 19.3. The van der Waals surface area contributed by atoms with Crippen molar-refractivity contribution < 1.29 is 8.94 Å². The molecular formula is C24H22FN7OS. The molecule has 10 heteroatoms. The van der Waals surface area contributed by atoms with Crippen molar-refractivity contribution in [2.45, 2.75) is 31.3 Å². The van der Waals surface area contributed by atoms with E-state index in [4.69, 9.17) is 9.97 Å². The fourth-order valence-corrected chi connectivity index (χ4v) is 5.66. The van der Waals surface area contributed by atoms with Crippen molar-refractivity contribution in [1.29, 1.82) is 0 Å². The number of aryl methyl sites for hydroxylation is 2. The van der Waals surface area contributed by atoms with E-state index < -0.39 is 11.2 Å². The molecule has 172 valence electrons. The first-order chi connectivity index (χ1) is 16.5. The fourth-order valence-electron chi connectivity index (χ4n) is 4.36. The molecular weight excluding hydrogens is 453 g/mol. The molecule has 2 aromatic carbocycles. The van der Waals surface area contributed by atoms with Gasteiger partial charge in [0.15, 0.2) is 17.5 Å². The molecule has 0 bridgehead atoms. The maximum Gasteiger partial charge on any atom is 0.228 e. The number of hydrogen-bond acceptors (Lipinski definition) is 7. The average Bonchev–Trinajstić information content (AvgIpc) is 3.43. The standard InChI is InChI=1S/C24H22FN7OS/c1-15-5-7-16(8-6-15)23-30-29-20-14-31(10-11-32(20)23)24-27-19-9-12-34(33)21(19)22(28-24)26-18-4-2-3-17(25)13-18/h2-8,13H,9-12,14H2,1H3,(H,26,27,28). The second kappa shape index (κ2) is 8.37. The molecule has 0 spiro atoms. The van der Waals surface area contributed by atoms with Crippen LogP contribution < -0.4 is 10.2 Å². The lowest BCUT2D eigenvalue weighted by Gasteiger charge is -2.28. The zero-order valence-electron chi connectivity index (χ0n) is 18.5. The van der Waals surface area contributed by atoms with Crippen LogP contribution in [0.15, 0.2) is 53.4 Å². The number of nitrogens with zero attached hydrogens (tertiary/aromatic N) is 6. The second-order valence-electron chi connectivity index (χ2n) is 8.46. The summed E-state index contributed by atoms with van der Waals surface area (Å²) in [6, 6.07) is 14.4. The first-order valence-electron chi connectivity index (χ1n) is 11.1. The molecule has 4 heterocycles. The highest BCUT2D eigenvalue weighted by Gasteiger charge is 2.33. The van der Waals surface area contributed by atoms with Gasteiger partial charge >= 0.3 is 0 Å². The van der Waals surface area contributed by atoms with Crippen molar-refractivity contribution in [3.8, 4) is 11.4 Å². The number of halogens is 1. The third-order valence-corrected chi connectivity index (χ3v) is 7.57. The summed E-state index contributed by atoms with van der Waals surface area (Å²) in [6.07, 6.45) is 0.622. The third-order valence-electron chi connectivity index (χ3n) is 6.11. The van der Waals surface area contributed by atoms with Gasteiger partial charge in [-0.1, -0.05) is 35.9 Å². The predicted octanol–water partition coefficient (Wildman–Crippen LogP) is 3.61. The van der Waals surface area contributed by atoms with Crippen LogP contribution in [0.1, 0.15) is 17.1 Å². The molecule has 2 aromatic heterocycles. The summed E-state index contributed by atoms with van der Waals surface area (Å²) in [5.74, 6) is 2.87. The summed E-state index contributed by atoms with van der Waals surface area (Å²) in [7, 11) is 0. The summed E-state index contributed by atoms with van der Waals surface area (Å²) < 4.78 is 28.5. The first kappa shape index (κ1) is 21.1. The molecule has 8 nitrogen and oxygen atoms in total. The highest BCUT2D eigenvalue weighted by atomic mass is 32.2. The van der Waals surface area contributed by atoms with E-state index in [1.165, 1.54) is 17.7 Å². The van der Waals surface area contributed by atoms with Crippen LogP contribution in [0.2, 0.25) is 0 Å². The summed E-state index contributed by atoms with van der Waals surface area (Å²) in [6.45, 7) is 3.96. The van der Waals surface area contributed by atoms with Gasteiger partial charge in [-0.25, -0.2) is 9.37 Å². The molecule has 0 saturated carbocycles. The molecule has 34 heavy (non-hydrogen) atoms. The molecule has 0 radical (unpaired) electrons. The Kier molecular flexibility index (Phi) is 5.19. The van der Waals surface area contributed by atoms with Gasteiger partial charge in [0.25, 0.3) is 0 Å². The summed E-state index contributed by atoms with van der Waals surface area (Å²) in [5, 5.41) is 12.0. The number of benzene rings is 2. The van der Waals surface area contributed by atoms with Gasteiger partial charge in [0.05, 0.1) is 6.54 Å². The van der Waals surface area contributed by atoms with Gasteiger partial charge in [-0.05, 0) is 36.3 Å². The molecule has 1 N–H and O–H groups in total. The topological polar surface area (TPSA) is 94.8 Å².